The molecule has 0 unspecified atom stereocenters. The van der Waals surface area contributed by atoms with Crippen LogP contribution in [0.3, 0.4) is 0 Å². The van der Waals surface area contributed by atoms with Crippen LogP contribution in [0.4, 0.5) is 0 Å². The van der Waals surface area contributed by atoms with Crippen molar-refractivity contribution >= 4 is 0 Å². The number of ether oxygens (including phenoxy) is 2. The summed E-state index contributed by atoms with van der Waals surface area (Å²) in [6, 6.07) is 7.41. The Bertz CT molecular complexity index is 310. The molecule has 0 amide bonds. The van der Waals surface area contributed by atoms with E-state index in [1.807, 2.05) is 0 Å². The third-order valence-electron chi connectivity index (χ3n) is 1.38. The Labute approximate surface area is 68.3 Å². The van der Waals surface area contributed by atoms with Crippen LogP contribution < -0.4 is 9.47 Å². The molecule has 4 nitrogen and oxygen atoms in total. The van der Waals surface area contributed by atoms with E-state index in [-0.39, 0.29) is 0 Å². The van der Waals surface area contributed by atoms with Crippen molar-refractivity contribution in [1.29, 1.82) is 0 Å². The molecular formula is C8H5O4. The number of benzene rings is 1. The van der Waals surface area contributed by atoms with Crippen molar-refractivity contribution in [2.24, 2.45) is 0 Å². The average molecular weight is 165 g/mol. The molecule has 0 saturated heterocycles. The average Bonchev–Trinajstić information content (AvgIpc) is 2.07. The van der Waals surface area contributed by atoms with E-state index in [4.69, 9.17) is 19.7 Å². The van der Waals surface area contributed by atoms with E-state index in [1.54, 1.807) is 12.1 Å². The van der Waals surface area contributed by atoms with Gasteiger partial charge in [-0.2, -0.15) is 0 Å². The lowest BCUT2D eigenvalue weighted by molar-refractivity contribution is 0.0853. The SMILES string of the molecule is OC1=C(O)Oc2cc[c]cc2O1. The highest BCUT2D eigenvalue weighted by molar-refractivity contribution is 5.42. The van der Waals surface area contributed by atoms with E-state index in [9.17, 15) is 0 Å². The number of fused-ring (bicyclic) bond motifs is 1. The van der Waals surface area contributed by atoms with Gasteiger partial charge in [-0.25, -0.2) is 0 Å². The van der Waals surface area contributed by atoms with Crippen LogP contribution in [-0.2, 0) is 0 Å². The Morgan fingerprint density at radius 3 is 2.50 bits per heavy atom. The van der Waals surface area contributed by atoms with Crippen LogP contribution >= 0.6 is 0 Å². The second-order valence-corrected chi connectivity index (χ2v) is 2.19. The molecule has 0 bridgehead atoms. The fourth-order valence-electron chi connectivity index (χ4n) is 0.861. The molecule has 1 aromatic rings. The summed E-state index contributed by atoms with van der Waals surface area (Å²) in [6.07, 6.45) is 0. The Morgan fingerprint density at radius 2 is 1.75 bits per heavy atom. The molecule has 0 atom stereocenters. The molecule has 2 N–H and O–H groups in total. The van der Waals surface area contributed by atoms with Crippen LogP contribution in [0.1, 0.15) is 0 Å². The zero-order valence-corrected chi connectivity index (χ0v) is 5.94. The molecule has 0 saturated carbocycles. The van der Waals surface area contributed by atoms with Gasteiger partial charge in [0, 0.05) is 0 Å². The number of aliphatic hydroxyl groups is 2. The highest BCUT2D eigenvalue weighted by atomic mass is 16.7. The molecule has 0 fully saturated rings. The largest absolute Gasteiger partial charge is 0.476 e. The van der Waals surface area contributed by atoms with Crippen molar-refractivity contribution in [2.45, 2.75) is 0 Å². The summed E-state index contributed by atoms with van der Waals surface area (Å²) in [7, 11) is 0. The lowest BCUT2D eigenvalue weighted by atomic mass is 10.3. The van der Waals surface area contributed by atoms with Crippen LogP contribution in [0.15, 0.2) is 30.1 Å². The quantitative estimate of drug-likeness (QED) is 0.611. The van der Waals surface area contributed by atoms with Crippen molar-refractivity contribution < 1.29 is 19.7 Å². The second kappa shape index (κ2) is 2.34. The fourth-order valence-corrected chi connectivity index (χ4v) is 0.861. The molecule has 0 aromatic heterocycles. The van der Waals surface area contributed by atoms with Gasteiger partial charge in [0.05, 0.1) is 0 Å². The highest BCUT2D eigenvalue weighted by Crippen LogP contribution is 2.32. The lowest BCUT2D eigenvalue weighted by Crippen LogP contribution is -2.10. The third kappa shape index (κ3) is 0.934. The van der Waals surface area contributed by atoms with Crippen molar-refractivity contribution in [1.82, 2.24) is 0 Å². The molecule has 0 aliphatic carbocycles. The minimum Gasteiger partial charge on any atom is -0.476 e. The van der Waals surface area contributed by atoms with Crippen LogP contribution in [0.25, 0.3) is 0 Å². The Balaban J connectivity index is 2.43. The highest BCUT2D eigenvalue weighted by Gasteiger charge is 2.19. The van der Waals surface area contributed by atoms with Crippen LogP contribution in [0, 0.1) is 6.07 Å². The van der Waals surface area contributed by atoms with E-state index in [1.165, 1.54) is 6.07 Å². The van der Waals surface area contributed by atoms with E-state index < -0.39 is 11.9 Å². The summed E-state index contributed by atoms with van der Waals surface area (Å²) in [5.74, 6) is -0.590. The first-order valence-corrected chi connectivity index (χ1v) is 3.25. The van der Waals surface area contributed by atoms with Crippen molar-refractivity contribution in [3.8, 4) is 11.5 Å². The monoisotopic (exact) mass is 165 g/mol. The molecule has 1 heterocycles. The molecule has 0 spiro atoms. The van der Waals surface area contributed by atoms with Gasteiger partial charge in [0.25, 0.3) is 0 Å². The van der Waals surface area contributed by atoms with Gasteiger partial charge in [-0.1, -0.05) is 6.07 Å². The van der Waals surface area contributed by atoms with Gasteiger partial charge < -0.3 is 19.7 Å². The molecule has 2 rings (SSSR count). The molecule has 1 radical (unpaired) electrons. The van der Waals surface area contributed by atoms with Crippen LogP contribution in [0.2, 0.25) is 0 Å². The summed E-state index contributed by atoms with van der Waals surface area (Å²) < 4.78 is 9.56. The first-order chi connectivity index (χ1) is 5.77. The molecule has 1 aromatic carbocycles. The van der Waals surface area contributed by atoms with Crippen molar-refractivity contribution in [3.05, 3.63) is 36.2 Å². The van der Waals surface area contributed by atoms with Crippen molar-refractivity contribution in [3.63, 3.8) is 0 Å². The minimum absolute atomic E-state index is 0.327. The predicted molar refractivity (Wildman–Crippen MR) is 38.8 cm³/mol. The van der Waals surface area contributed by atoms with Gasteiger partial charge in [0.2, 0.25) is 0 Å². The number of hydrogen-bond donors (Lipinski definition) is 2. The van der Waals surface area contributed by atoms with Crippen molar-refractivity contribution in [2.75, 3.05) is 0 Å². The maximum atomic E-state index is 8.90. The summed E-state index contributed by atoms with van der Waals surface area (Å²) >= 11 is 0. The Kier molecular flexibility index (Phi) is 1.33. The maximum absolute atomic E-state index is 8.90. The minimum atomic E-state index is -0.637. The molecule has 12 heavy (non-hydrogen) atoms. The normalized spacial score (nSPS) is 14.7. The lowest BCUT2D eigenvalue weighted by Gasteiger charge is -2.15. The second-order valence-electron chi connectivity index (χ2n) is 2.19. The van der Waals surface area contributed by atoms with Crippen LogP contribution in [-0.4, -0.2) is 10.2 Å². The standard InChI is InChI=1S/C8H5O4/c9-7-8(10)12-6-4-2-1-3-5(6)11-7/h1,3-4,9-10H. The summed E-state index contributed by atoms with van der Waals surface area (Å²) in [6.45, 7) is 0. The third-order valence-corrected chi connectivity index (χ3v) is 1.38. The predicted octanol–water partition coefficient (Wildman–Crippen LogP) is 1.50. The molecule has 4 heteroatoms. The molecule has 1 aliphatic rings. The van der Waals surface area contributed by atoms with Gasteiger partial charge in [-0.3, -0.25) is 0 Å². The Morgan fingerprint density at radius 1 is 1.08 bits per heavy atom. The van der Waals surface area contributed by atoms with E-state index in [0.29, 0.717) is 11.5 Å². The van der Waals surface area contributed by atoms with E-state index in [2.05, 4.69) is 6.07 Å². The molecular weight excluding hydrogens is 160 g/mol. The smallest absolute Gasteiger partial charge is 0.367 e. The summed E-state index contributed by atoms with van der Waals surface area (Å²) in [5.41, 5.74) is 0. The van der Waals surface area contributed by atoms with Gasteiger partial charge >= 0.3 is 11.9 Å². The molecule has 61 valence electrons. The summed E-state index contributed by atoms with van der Waals surface area (Å²) in [4.78, 5) is 0. The number of aliphatic hydroxyl groups excluding tert-OH is 2. The fraction of sp³-hybridized carbons (Fsp3) is 0. The van der Waals surface area contributed by atoms with Gasteiger partial charge in [0.1, 0.15) is 0 Å². The zero-order chi connectivity index (χ0) is 8.55. The molecule has 1 aliphatic heterocycles. The maximum Gasteiger partial charge on any atom is 0.367 e. The Hall–Kier alpha value is -1.84. The first-order valence-electron chi connectivity index (χ1n) is 3.25. The van der Waals surface area contributed by atoms with Gasteiger partial charge in [0.15, 0.2) is 11.5 Å². The van der Waals surface area contributed by atoms with E-state index >= 15 is 0 Å². The topological polar surface area (TPSA) is 58.9 Å². The van der Waals surface area contributed by atoms with Gasteiger partial charge in [-0.15, -0.1) is 0 Å². The van der Waals surface area contributed by atoms with Crippen LogP contribution in [0.5, 0.6) is 11.5 Å². The van der Waals surface area contributed by atoms with Gasteiger partial charge in [-0.05, 0) is 18.2 Å². The number of rotatable bonds is 0. The number of hydrogen-bond acceptors (Lipinski definition) is 4. The summed E-state index contributed by atoms with van der Waals surface area (Å²) in [5, 5.41) is 17.8. The zero-order valence-electron chi connectivity index (χ0n) is 5.94. The first kappa shape index (κ1) is 6.84. The van der Waals surface area contributed by atoms with E-state index in [0.717, 1.165) is 0 Å².